The molecule has 0 unspecified atom stereocenters. The van der Waals surface area contributed by atoms with E-state index in [1.165, 1.54) is 18.0 Å². The first kappa shape index (κ1) is 21.7. The predicted octanol–water partition coefficient (Wildman–Crippen LogP) is 1.83. The maximum Gasteiger partial charge on any atom is 0.326 e. The average molecular weight is 419 g/mol. The summed E-state index contributed by atoms with van der Waals surface area (Å²) in [6.45, 7) is 0.831. The largest absolute Gasteiger partial charge is 0.454 e. The summed E-state index contributed by atoms with van der Waals surface area (Å²) in [6, 6.07) is 5.45. The molecule has 2 atom stereocenters. The Bertz CT molecular complexity index is 861. The molecule has 3 rings (SSSR count). The van der Waals surface area contributed by atoms with Crippen LogP contribution in [0.25, 0.3) is 0 Å². The van der Waals surface area contributed by atoms with E-state index in [1.807, 2.05) is 6.92 Å². The van der Waals surface area contributed by atoms with Crippen LogP contribution in [0.2, 0.25) is 0 Å². The van der Waals surface area contributed by atoms with Crippen LogP contribution in [-0.4, -0.2) is 59.4 Å². The van der Waals surface area contributed by atoms with Crippen molar-refractivity contribution < 1.29 is 28.3 Å². The molecule has 8 nitrogen and oxygen atoms in total. The van der Waals surface area contributed by atoms with Gasteiger partial charge in [0.25, 0.3) is 11.8 Å². The van der Waals surface area contributed by atoms with Crippen LogP contribution >= 0.6 is 0 Å². The lowest BCUT2D eigenvalue weighted by atomic mass is 9.73. The summed E-state index contributed by atoms with van der Waals surface area (Å²) in [5.41, 5.74) is -0.614. The van der Waals surface area contributed by atoms with Gasteiger partial charge >= 0.3 is 12.0 Å². The second kappa shape index (κ2) is 8.81. The van der Waals surface area contributed by atoms with Gasteiger partial charge in [0.2, 0.25) is 0 Å². The summed E-state index contributed by atoms with van der Waals surface area (Å²) >= 11 is 0. The first-order valence-corrected chi connectivity index (χ1v) is 10.0. The number of rotatable bonds is 6. The van der Waals surface area contributed by atoms with Gasteiger partial charge in [-0.3, -0.25) is 19.3 Å². The lowest BCUT2D eigenvalue weighted by Crippen LogP contribution is -2.54. The van der Waals surface area contributed by atoms with Crippen molar-refractivity contribution in [1.29, 1.82) is 0 Å². The van der Waals surface area contributed by atoms with E-state index in [2.05, 4.69) is 5.32 Å². The topological polar surface area (TPSA) is 96.0 Å². The van der Waals surface area contributed by atoms with Gasteiger partial charge in [0.1, 0.15) is 17.9 Å². The zero-order valence-corrected chi connectivity index (χ0v) is 17.2. The number of carbonyl (C=O) groups excluding carboxylic acids is 4. The zero-order chi connectivity index (χ0) is 21.9. The van der Waals surface area contributed by atoms with E-state index in [-0.39, 0.29) is 12.5 Å². The van der Waals surface area contributed by atoms with Crippen molar-refractivity contribution in [2.45, 2.75) is 44.7 Å². The van der Waals surface area contributed by atoms with Gasteiger partial charge in [-0.25, -0.2) is 9.18 Å². The molecule has 1 aliphatic carbocycles. The van der Waals surface area contributed by atoms with E-state index in [1.54, 1.807) is 18.2 Å². The van der Waals surface area contributed by atoms with Gasteiger partial charge < -0.3 is 15.0 Å². The van der Waals surface area contributed by atoms with Crippen LogP contribution in [0.1, 0.15) is 38.2 Å². The van der Waals surface area contributed by atoms with E-state index in [4.69, 9.17) is 4.74 Å². The predicted molar refractivity (Wildman–Crippen MR) is 104 cm³/mol. The minimum absolute atomic E-state index is 0.0164. The molecule has 4 amide bonds. The molecule has 0 radical (unpaired) electrons. The van der Waals surface area contributed by atoms with Crippen molar-refractivity contribution >= 4 is 23.8 Å². The number of hydrogen-bond acceptors (Lipinski definition) is 5. The summed E-state index contributed by atoms with van der Waals surface area (Å²) < 4.78 is 18.7. The van der Waals surface area contributed by atoms with Crippen molar-refractivity contribution in [3.8, 4) is 0 Å². The van der Waals surface area contributed by atoms with E-state index in [0.29, 0.717) is 12.0 Å². The molecule has 1 saturated heterocycles. The Kier molecular flexibility index (Phi) is 6.38. The smallest absolute Gasteiger partial charge is 0.326 e. The second-order valence-electron chi connectivity index (χ2n) is 7.94. The number of likely N-dealkylation sites (N-methyl/N-ethyl adjacent to an activating group) is 1. The number of urea groups is 1. The fourth-order valence-corrected chi connectivity index (χ4v) is 4.04. The molecule has 9 heteroatoms. The summed E-state index contributed by atoms with van der Waals surface area (Å²) in [5, 5.41) is 2.76. The molecule has 2 fully saturated rings. The quantitative estimate of drug-likeness (QED) is 0.561. The summed E-state index contributed by atoms with van der Waals surface area (Å²) in [5.74, 6) is -2.25. The molecule has 2 aliphatic rings. The standard InChI is InChI=1S/C21H26FN3O5/c1-14-7-5-6-10-21(14)19(28)25(20(29)23-21)12-18(27)30-13-17(26)24(2)11-15-8-3-4-9-16(15)22/h3-4,8-9,14H,5-7,10-13H2,1-2H3,(H,23,29)/t14-,21-/m0/s1. The Balaban J connectivity index is 1.52. The molecule has 1 aromatic rings. The Morgan fingerprint density at radius 2 is 2.03 bits per heavy atom. The number of carbonyl (C=O) groups is 4. The highest BCUT2D eigenvalue weighted by atomic mass is 19.1. The molecule has 1 spiro atoms. The second-order valence-corrected chi connectivity index (χ2v) is 7.94. The van der Waals surface area contributed by atoms with E-state index in [9.17, 15) is 23.6 Å². The molecule has 0 bridgehead atoms. The fourth-order valence-electron chi connectivity index (χ4n) is 4.04. The maximum atomic E-state index is 13.7. The summed E-state index contributed by atoms with van der Waals surface area (Å²) in [6.07, 6.45) is 3.20. The number of imide groups is 1. The first-order chi connectivity index (χ1) is 14.2. The van der Waals surface area contributed by atoms with Crippen molar-refractivity contribution in [1.82, 2.24) is 15.1 Å². The van der Waals surface area contributed by atoms with Crippen molar-refractivity contribution in [2.24, 2.45) is 5.92 Å². The number of nitrogens with one attached hydrogen (secondary N) is 1. The van der Waals surface area contributed by atoms with Crippen LogP contribution in [0, 0.1) is 11.7 Å². The van der Waals surface area contributed by atoms with Gasteiger partial charge in [0, 0.05) is 19.2 Å². The third kappa shape index (κ3) is 4.29. The molecule has 30 heavy (non-hydrogen) atoms. The fraction of sp³-hybridized carbons (Fsp3) is 0.524. The van der Waals surface area contributed by atoms with Gasteiger partial charge in [-0.2, -0.15) is 0 Å². The molecule has 1 aromatic carbocycles. The Labute approximate surface area is 174 Å². The van der Waals surface area contributed by atoms with Crippen molar-refractivity contribution in [3.05, 3.63) is 35.6 Å². The third-order valence-electron chi connectivity index (χ3n) is 5.94. The van der Waals surface area contributed by atoms with Crippen LogP contribution in [0.4, 0.5) is 9.18 Å². The number of halogens is 1. The lowest BCUT2D eigenvalue weighted by Gasteiger charge is -2.36. The van der Waals surface area contributed by atoms with Gasteiger partial charge in [0.15, 0.2) is 6.61 Å². The van der Waals surface area contributed by atoms with Gasteiger partial charge in [0.05, 0.1) is 0 Å². The SMILES string of the molecule is C[C@H]1CCCC[C@]12NC(=O)N(CC(=O)OCC(=O)N(C)Cc1ccccc1F)C2=O. The molecular weight excluding hydrogens is 393 g/mol. The number of benzene rings is 1. The highest BCUT2D eigenvalue weighted by molar-refractivity contribution is 6.09. The minimum Gasteiger partial charge on any atom is -0.454 e. The van der Waals surface area contributed by atoms with Gasteiger partial charge in [-0.05, 0) is 24.8 Å². The Morgan fingerprint density at radius 3 is 2.73 bits per heavy atom. The normalized spacial score (nSPS) is 23.4. The van der Waals surface area contributed by atoms with Crippen LogP contribution < -0.4 is 5.32 Å². The van der Waals surface area contributed by atoms with Crippen LogP contribution in [0.15, 0.2) is 24.3 Å². The van der Waals surface area contributed by atoms with Crippen LogP contribution in [0.3, 0.4) is 0 Å². The molecule has 1 saturated carbocycles. The van der Waals surface area contributed by atoms with E-state index < -0.39 is 48.3 Å². The zero-order valence-electron chi connectivity index (χ0n) is 17.2. The van der Waals surface area contributed by atoms with Crippen molar-refractivity contribution in [3.63, 3.8) is 0 Å². The van der Waals surface area contributed by atoms with Crippen molar-refractivity contribution in [2.75, 3.05) is 20.2 Å². The number of amides is 4. The molecule has 1 aliphatic heterocycles. The van der Waals surface area contributed by atoms with E-state index in [0.717, 1.165) is 24.2 Å². The highest BCUT2D eigenvalue weighted by Gasteiger charge is 2.55. The minimum atomic E-state index is -0.953. The van der Waals surface area contributed by atoms with E-state index >= 15 is 0 Å². The highest BCUT2D eigenvalue weighted by Crippen LogP contribution is 2.38. The molecule has 1 N–H and O–H groups in total. The molecule has 1 heterocycles. The number of nitrogens with zero attached hydrogens (tertiary/aromatic N) is 2. The summed E-state index contributed by atoms with van der Waals surface area (Å²) in [4.78, 5) is 51.6. The number of hydrogen-bond donors (Lipinski definition) is 1. The first-order valence-electron chi connectivity index (χ1n) is 10.0. The monoisotopic (exact) mass is 419 g/mol. The van der Waals surface area contributed by atoms with Gasteiger partial charge in [-0.1, -0.05) is 38.0 Å². The molecular formula is C21H26FN3O5. The molecule has 162 valence electrons. The molecule has 0 aromatic heterocycles. The average Bonchev–Trinajstić information content (AvgIpc) is 2.95. The van der Waals surface area contributed by atoms with Crippen LogP contribution in [-0.2, 0) is 25.7 Å². The maximum absolute atomic E-state index is 13.7. The number of esters is 1. The van der Waals surface area contributed by atoms with Crippen LogP contribution in [0.5, 0.6) is 0 Å². The Hall–Kier alpha value is -2.97. The third-order valence-corrected chi connectivity index (χ3v) is 5.94. The van der Waals surface area contributed by atoms with Gasteiger partial charge in [-0.15, -0.1) is 0 Å². The summed E-state index contributed by atoms with van der Waals surface area (Å²) in [7, 11) is 1.47. The lowest BCUT2D eigenvalue weighted by molar-refractivity contribution is -0.153. The Morgan fingerprint density at radius 1 is 1.30 bits per heavy atom. The number of ether oxygens (including phenoxy) is 1.